The van der Waals surface area contributed by atoms with Crippen LogP contribution in [0.5, 0.6) is 11.5 Å². The second-order valence-corrected chi connectivity index (χ2v) is 4.55. The molecule has 1 unspecified atom stereocenters. The van der Waals surface area contributed by atoms with Gasteiger partial charge in [0.15, 0.2) is 0 Å². The Bertz CT molecular complexity index is 404. The molecule has 3 N–H and O–H groups in total. The van der Waals surface area contributed by atoms with E-state index in [1.54, 1.807) is 0 Å². The van der Waals surface area contributed by atoms with Gasteiger partial charge in [0.05, 0.1) is 25.4 Å². The Labute approximate surface area is 101 Å². The van der Waals surface area contributed by atoms with E-state index in [1.165, 1.54) is 0 Å². The van der Waals surface area contributed by atoms with E-state index in [0.29, 0.717) is 6.61 Å². The van der Waals surface area contributed by atoms with Gasteiger partial charge in [-0.3, -0.25) is 0 Å². The zero-order chi connectivity index (χ0) is 12.4. The molecule has 0 saturated heterocycles. The van der Waals surface area contributed by atoms with Gasteiger partial charge >= 0.3 is 0 Å². The molecule has 1 heterocycles. The molecule has 1 aliphatic heterocycles. The van der Waals surface area contributed by atoms with E-state index in [1.807, 2.05) is 26.0 Å². The van der Waals surface area contributed by atoms with Gasteiger partial charge in [0.2, 0.25) is 0 Å². The summed E-state index contributed by atoms with van der Waals surface area (Å²) in [5, 5.41) is 9.17. The van der Waals surface area contributed by atoms with E-state index in [0.717, 1.165) is 29.0 Å². The van der Waals surface area contributed by atoms with Gasteiger partial charge in [0.1, 0.15) is 11.5 Å². The lowest BCUT2D eigenvalue weighted by Crippen LogP contribution is -2.17. The van der Waals surface area contributed by atoms with E-state index in [-0.39, 0.29) is 12.7 Å². The number of benzene rings is 1. The standard InChI is InChI=1S/C13H19NO3/c1-8(2)17-13-5-9-3-4-16-12(9)6-10(13)11(14)7-15/h5-6,8,11,15H,3-4,7,14H2,1-2H3. The Hall–Kier alpha value is -1.26. The first-order chi connectivity index (χ1) is 8.11. The highest BCUT2D eigenvalue weighted by atomic mass is 16.5. The van der Waals surface area contributed by atoms with Crippen molar-refractivity contribution in [2.24, 2.45) is 5.73 Å². The van der Waals surface area contributed by atoms with Crippen molar-refractivity contribution in [3.63, 3.8) is 0 Å². The molecule has 0 fully saturated rings. The lowest BCUT2D eigenvalue weighted by Gasteiger charge is -2.18. The predicted molar refractivity (Wildman–Crippen MR) is 65.4 cm³/mol. The van der Waals surface area contributed by atoms with Gasteiger partial charge in [-0.2, -0.15) is 0 Å². The second-order valence-electron chi connectivity index (χ2n) is 4.55. The molecule has 1 atom stereocenters. The molecule has 0 aromatic heterocycles. The highest BCUT2D eigenvalue weighted by Gasteiger charge is 2.20. The largest absolute Gasteiger partial charge is 0.493 e. The Morgan fingerprint density at radius 1 is 1.47 bits per heavy atom. The summed E-state index contributed by atoms with van der Waals surface area (Å²) in [6.07, 6.45) is 0.985. The molecule has 17 heavy (non-hydrogen) atoms. The fraction of sp³-hybridized carbons (Fsp3) is 0.538. The van der Waals surface area contributed by atoms with Crippen molar-refractivity contribution >= 4 is 0 Å². The van der Waals surface area contributed by atoms with E-state index in [4.69, 9.17) is 15.2 Å². The molecule has 0 bridgehead atoms. The average Bonchev–Trinajstić information content (AvgIpc) is 2.73. The quantitative estimate of drug-likeness (QED) is 0.830. The van der Waals surface area contributed by atoms with Crippen molar-refractivity contribution in [2.45, 2.75) is 32.4 Å². The number of hydrogen-bond acceptors (Lipinski definition) is 4. The van der Waals surface area contributed by atoms with Crippen LogP contribution >= 0.6 is 0 Å². The molecule has 0 radical (unpaired) electrons. The molecular formula is C13H19NO3. The zero-order valence-electron chi connectivity index (χ0n) is 10.3. The first-order valence-corrected chi connectivity index (χ1v) is 5.94. The summed E-state index contributed by atoms with van der Waals surface area (Å²) in [4.78, 5) is 0. The van der Waals surface area contributed by atoms with E-state index in [9.17, 15) is 5.11 Å². The van der Waals surface area contributed by atoms with Crippen LogP contribution in [0.4, 0.5) is 0 Å². The van der Waals surface area contributed by atoms with Gasteiger partial charge in [-0.1, -0.05) is 0 Å². The smallest absolute Gasteiger partial charge is 0.125 e. The maximum atomic E-state index is 9.17. The van der Waals surface area contributed by atoms with Crippen LogP contribution in [0.25, 0.3) is 0 Å². The van der Waals surface area contributed by atoms with E-state index in [2.05, 4.69) is 0 Å². The lowest BCUT2D eigenvalue weighted by atomic mass is 10.0. The van der Waals surface area contributed by atoms with Crippen molar-refractivity contribution in [2.75, 3.05) is 13.2 Å². The van der Waals surface area contributed by atoms with Crippen LogP contribution in [0.1, 0.15) is 31.0 Å². The Morgan fingerprint density at radius 2 is 2.24 bits per heavy atom. The summed E-state index contributed by atoms with van der Waals surface area (Å²) in [5.41, 5.74) is 7.83. The van der Waals surface area contributed by atoms with Crippen molar-refractivity contribution in [1.29, 1.82) is 0 Å². The van der Waals surface area contributed by atoms with Gasteiger partial charge < -0.3 is 20.3 Å². The number of aliphatic hydroxyl groups excluding tert-OH is 1. The Kier molecular flexibility index (Phi) is 3.54. The monoisotopic (exact) mass is 237 g/mol. The van der Waals surface area contributed by atoms with Crippen molar-refractivity contribution in [3.8, 4) is 11.5 Å². The molecule has 0 spiro atoms. The molecule has 2 rings (SSSR count). The summed E-state index contributed by atoms with van der Waals surface area (Å²) in [5.74, 6) is 1.62. The highest BCUT2D eigenvalue weighted by molar-refractivity contribution is 5.49. The minimum Gasteiger partial charge on any atom is -0.493 e. The van der Waals surface area contributed by atoms with Crippen LogP contribution in [-0.4, -0.2) is 24.4 Å². The third-order valence-corrected chi connectivity index (χ3v) is 2.78. The molecule has 0 aliphatic carbocycles. The van der Waals surface area contributed by atoms with Gasteiger partial charge in [-0.05, 0) is 26.0 Å². The Morgan fingerprint density at radius 3 is 2.88 bits per heavy atom. The fourth-order valence-electron chi connectivity index (χ4n) is 1.96. The number of ether oxygens (including phenoxy) is 2. The molecular weight excluding hydrogens is 218 g/mol. The Balaban J connectivity index is 2.39. The number of rotatable bonds is 4. The molecule has 4 heteroatoms. The molecule has 0 saturated carbocycles. The number of fused-ring (bicyclic) bond motifs is 1. The molecule has 1 aliphatic rings. The zero-order valence-corrected chi connectivity index (χ0v) is 10.3. The average molecular weight is 237 g/mol. The van der Waals surface area contributed by atoms with Crippen LogP contribution in [0, 0.1) is 0 Å². The number of hydrogen-bond donors (Lipinski definition) is 2. The minimum absolute atomic E-state index is 0.0833. The predicted octanol–water partition coefficient (Wildman–Crippen LogP) is 1.40. The molecule has 94 valence electrons. The maximum Gasteiger partial charge on any atom is 0.125 e. The van der Waals surface area contributed by atoms with Crippen LogP contribution < -0.4 is 15.2 Å². The van der Waals surface area contributed by atoms with Crippen LogP contribution in [0.2, 0.25) is 0 Å². The first-order valence-electron chi connectivity index (χ1n) is 5.94. The summed E-state index contributed by atoms with van der Waals surface area (Å²) < 4.78 is 11.2. The summed E-state index contributed by atoms with van der Waals surface area (Å²) in [6.45, 7) is 4.54. The molecule has 0 amide bonds. The van der Waals surface area contributed by atoms with Crippen molar-refractivity contribution < 1.29 is 14.6 Å². The van der Waals surface area contributed by atoms with Gasteiger partial charge in [0.25, 0.3) is 0 Å². The van der Waals surface area contributed by atoms with Gasteiger partial charge in [0, 0.05) is 17.5 Å². The minimum atomic E-state index is -0.432. The lowest BCUT2D eigenvalue weighted by molar-refractivity contribution is 0.229. The van der Waals surface area contributed by atoms with Crippen molar-refractivity contribution in [3.05, 3.63) is 23.3 Å². The van der Waals surface area contributed by atoms with Gasteiger partial charge in [-0.25, -0.2) is 0 Å². The number of nitrogens with two attached hydrogens (primary N) is 1. The maximum absolute atomic E-state index is 9.17. The third-order valence-electron chi connectivity index (χ3n) is 2.78. The SMILES string of the molecule is CC(C)Oc1cc2c(cc1C(N)CO)OCC2. The summed E-state index contributed by atoms with van der Waals surface area (Å²) in [6, 6.07) is 3.44. The first kappa shape index (κ1) is 12.2. The third kappa shape index (κ3) is 2.53. The van der Waals surface area contributed by atoms with E-state index < -0.39 is 6.04 Å². The molecule has 4 nitrogen and oxygen atoms in total. The van der Waals surface area contributed by atoms with Crippen molar-refractivity contribution in [1.82, 2.24) is 0 Å². The van der Waals surface area contributed by atoms with Crippen LogP contribution in [-0.2, 0) is 6.42 Å². The second kappa shape index (κ2) is 4.94. The van der Waals surface area contributed by atoms with Crippen LogP contribution in [0.3, 0.4) is 0 Å². The van der Waals surface area contributed by atoms with Crippen LogP contribution in [0.15, 0.2) is 12.1 Å². The number of aliphatic hydroxyl groups is 1. The van der Waals surface area contributed by atoms with E-state index >= 15 is 0 Å². The highest BCUT2D eigenvalue weighted by Crippen LogP contribution is 2.35. The van der Waals surface area contributed by atoms with Gasteiger partial charge in [-0.15, -0.1) is 0 Å². The topological polar surface area (TPSA) is 64.7 Å². The normalized spacial score (nSPS) is 15.6. The summed E-state index contributed by atoms with van der Waals surface area (Å²) in [7, 11) is 0. The fourth-order valence-corrected chi connectivity index (χ4v) is 1.96. The molecule has 1 aromatic rings. The summed E-state index contributed by atoms with van der Waals surface area (Å²) >= 11 is 0. The molecule has 1 aromatic carbocycles.